The van der Waals surface area contributed by atoms with Gasteiger partial charge in [-0.3, -0.25) is 0 Å². The monoisotopic (exact) mass is 235 g/mol. The van der Waals surface area contributed by atoms with Gasteiger partial charge in [-0.15, -0.1) is 12.4 Å². The minimum Gasteiger partial charge on any atom is -0.309 e. The van der Waals surface area contributed by atoms with Gasteiger partial charge in [-0.25, -0.2) is 0 Å². The van der Waals surface area contributed by atoms with Gasteiger partial charge in [0.25, 0.3) is 0 Å². The van der Waals surface area contributed by atoms with Gasteiger partial charge in [-0.1, -0.05) is 42.5 Å². The van der Waals surface area contributed by atoms with Crippen molar-refractivity contribution in [3.8, 4) is 0 Å². The lowest BCUT2D eigenvalue weighted by Crippen LogP contribution is -2.14. The van der Waals surface area contributed by atoms with Gasteiger partial charge in [-0.05, 0) is 36.9 Å². The van der Waals surface area contributed by atoms with Crippen LogP contribution in [0.2, 0.25) is 0 Å². The Kier molecular flexibility index (Phi) is 4.78. The molecule has 0 aliphatic carbocycles. The van der Waals surface area contributed by atoms with Gasteiger partial charge in [-0.2, -0.15) is 0 Å². The van der Waals surface area contributed by atoms with Crippen LogP contribution in [-0.2, 0) is 6.42 Å². The third-order valence-corrected chi connectivity index (χ3v) is 2.66. The number of benzene rings is 2. The Morgan fingerprint density at radius 1 is 0.938 bits per heavy atom. The fourth-order valence-corrected chi connectivity index (χ4v) is 1.75. The quantitative estimate of drug-likeness (QED) is 0.789. The van der Waals surface area contributed by atoms with Crippen molar-refractivity contribution in [1.29, 1.82) is 0 Å². The van der Waals surface area contributed by atoms with Crippen LogP contribution in [0.25, 0.3) is 10.8 Å². The van der Waals surface area contributed by atoms with Crippen molar-refractivity contribution in [3.63, 3.8) is 0 Å². The van der Waals surface area contributed by atoms with E-state index in [0.29, 0.717) is 0 Å². The van der Waals surface area contributed by atoms with Crippen molar-refractivity contribution in [2.75, 3.05) is 20.6 Å². The standard InChI is InChI=1S/C14H17N.ClH/c1-15(2)10-9-12-7-8-13-5-3-4-6-14(13)11-12;/h3-8,11H,9-10H2,1-2H3;1H. The minimum atomic E-state index is 0. The zero-order chi connectivity index (χ0) is 10.7. The van der Waals surface area contributed by atoms with Crippen LogP contribution in [-0.4, -0.2) is 25.5 Å². The van der Waals surface area contributed by atoms with Gasteiger partial charge in [0.15, 0.2) is 0 Å². The van der Waals surface area contributed by atoms with Gasteiger partial charge < -0.3 is 4.90 Å². The molecule has 0 spiro atoms. The van der Waals surface area contributed by atoms with Gasteiger partial charge in [0.1, 0.15) is 0 Å². The maximum absolute atomic E-state index is 2.29. The first-order chi connectivity index (χ1) is 7.25. The fourth-order valence-electron chi connectivity index (χ4n) is 1.75. The van der Waals surface area contributed by atoms with Crippen molar-refractivity contribution in [2.45, 2.75) is 6.42 Å². The molecule has 86 valence electrons. The van der Waals surface area contributed by atoms with E-state index in [1.807, 2.05) is 0 Å². The molecule has 0 unspecified atom stereocenters. The summed E-state index contributed by atoms with van der Waals surface area (Å²) in [7, 11) is 4.22. The highest BCUT2D eigenvalue weighted by Gasteiger charge is 1.97. The average Bonchev–Trinajstić information content (AvgIpc) is 2.26. The van der Waals surface area contributed by atoms with E-state index >= 15 is 0 Å². The van der Waals surface area contributed by atoms with Crippen molar-refractivity contribution in [3.05, 3.63) is 48.0 Å². The molecule has 1 nitrogen and oxygen atoms in total. The summed E-state index contributed by atoms with van der Waals surface area (Å²) in [5.74, 6) is 0. The van der Waals surface area contributed by atoms with Crippen LogP contribution in [0.5, 0.6) is 0 Å². The van der Waals surface area contributed by atoms with E-state index in [1.54, 1.807) is 0 Å². The number of nitrogens with zero attached hydrogens (tertiary/aromatic N) is 1. The van der Waals surface area contributed by atoms with Crippen molar-refractivity contribution in [2.24, 2.45) is 0 Å². The largest absolute Gasteiger partial charge is 0.309 e. The molecule has 0 aliphatic heterocycles. The average molecular weight is 236 g/mol. The van der Waals surface area contributed by atoms with Crippen LogP contribution in [0.3, 0.4) is 0 Å². The highest BCUT2D eigenvalue weighted by molar-refractivity contribution is 5.85. The molecule has 2 aromatic rings. The SMILES string of the molecule is CN(C)CCc1ccc2ccccc2c1.Cl. The maximum Gasteiger partial charge on any atom is 0.00157 e. The molecule has 2 aromatic carbocycles. The Labute approximate surface area is 103 Å². The third-order valence-electron chi connectivity index (χ3n) is 2.66. The summed E-state index contributed by atoms with van der Waals surface area (Å²) in [5.41, 5.74) is 1.42. The van der Waals surface area contributed by atoms with E-state index in [0.717, 1.165) is 13.0 Å². The molecule has 0 fully saturated rings. The van der Waals surface area contributed by atoms with E-state index in [4.69, 9.17) is 0 Å². The molecule has 0 radical (unpaired) electrons. The summed E-state index contributed by atoms with van der Waals surface area (Å²) in [6.45, 7) is 1.11. The van der Waals surface area contributed by atoms with Gasteiger partial charge in [0.2, 0.25) is 0 Å². The first-order valence-corrected chi connectivity index (χ1v) is 5.38. The lowest BCUT2D eigenvalue weighted by Gasteiger charge is -2.09. The second-order valence-corrected chi connectivity index (χ2v) is 4.23. The Balaban J connectivity index is 0.00000128. The molecular weight excluding hydrogens is 218 g/mol. The second kappa shape index (κ2) is 5.88. The molecule has 0 heterocycles. The zero-order valence-electron chi connectivity index (χ0n) is 9.81. The number of halogens is 1. The number of likely N-dealkylation sites (N-methyl/N-ethyl adjacent to an activating group) is 1. The molecule has 16 heavy (non-hydrogen) atoms. The highest BCUT2D eigenvalue weighted by Crippen LogP contribution is 2.15. The molecule has 0 atom stereocenters. The van der Waals surface area contributed by atoms with E-state index in [-0.39, 0.29) is 12.4 Å². The maximum atomic E-state index is 2.29. The molecule has 0 aliphatic rings. The second-order valence-electron chi connectivity index (χ2n) is 4.23. The van der Waals surface area contributed by atoms with Crippen molar-refractivity contribution >= 4 is 23.2 Å². The van der Waals surface area contributed by atoms with E-state index in [1.165, 1.54) is 16.3 Å². The normalized spacial score (nSPS) is 10.4. The number of rotatable bonds is 3. The zero-order valence-corrected chi connectivity index (χ0v) is 10.6. The lowest BCUT2D eigenvalue weighted by atomic mass is 10.1. The Bertz CT molecular complexity index is 451. The summed E-state index contributed by atoms with van der Waals surface area (Å²) < 4.78 is 0. The van der Waals surface area contributed by atoms with Crippen LogP contribution in [0.15, 0.2) is 42.5 Å². The Morgan fingerprint density at radius 3 is 2.31 bits per heavy atom. The predicted octanol–water partition coefficient (Wildman–Crippen LogP) is 3.37. The van der Waals surface area contributed by atoms with Gasteiger partial charge in [0.05, 0.1) is 0 Å². The van der Waals surface area contributed by atoms with E-state index < -0.39 is 0 Å². The van der Waals surface area contributed by atoms with Crippen molar-refractivity contribution in [1.82, 2.24) is 4.90 Å². The molecular formula is C14H18ClN. The van der Waals surface area contributed by atoms with Crippen LogP contribution in [0.4, 0.5) is 0 Å². The minimum absolute atomic E-state index is 0. The Hall–Kier alpha value is -1.05. The lowest BCUT2D eigenvalue weighted by molar-refractivity contribution is 0.414. The summed E-state index contributed by atoms with van der Waals surface area (Å²) in [4.78, 5) is 2.22. The molecule has 2 heteroatoms. The fraction of sp³-hybridized carbons (Fsp3) is 0.286. The Morgan fingerprint density at radius 2 is 1.62 bits per heavy atom. The van der Waals surface area contributed by atoms with Crippen LogP contribution in [0, 0.1) is 0 Å². The topological polar surface area (TPSA) is 3.24 Å². The number of fused-ring (bicyclic) bond motifs is 1. The molecule has 0 N–H and O–H groups in total. The smallest absolute Gasteiger partial charge is 0.00157 e. The summed E-state index contributed by atoms with van der Waals surface area (Å²) >= 11 is 0. The molecule has 0 saturated carbocycles. The molecule has 0 amide bonds. The first-order valence-electron chi connectivity index (χ1n) is 5.38. The summed E-state index contributed by atoms with van der Waals surface area (Å²) in [5, 5.41) is 2.67. The number of hydrogen-bond acceptors (Lipinski definition) is 1. The van der Waals surface area contributed by atoms with Gasteiger partial charge in [0, 0.05) is 6.54 Å². The van der Waals surface area contributed by atoms with Crippen LogP contribution in [0.1, 0.15) is 5.56 Å². The molecule has 0 bridgehead atoms. The van der Waals surface area contributed by atoms with Crippen LogP contribution >= 0.6 is 12.4 Å². The molecule has 0 saturated heterocycles. The number of hydrogen-bond donors (Lipinski definition) is 0. The highest BCUT2D eigenvalue weighted by atomic mass is 35.5. The molecule has 0 aromatic heterocycles. The van der Waals surface area contributed by atoms with Gasteiger partial charge >= 0.3 is 0 Å². The van der Waals surface area contributed by atoms with E-state index in [2.05, 4.69) is 61.5 Å². The predicted molar refractivity (Wildman–Crippen MR) is 73.5 cm³/mol. The summed E-state index contributed by atoms with van der Waals surface area (Å²) in [6, 6.07) is 15.2. The molecule has 2 rings (SSSR count). The summed E-state index contributed by atoms with van der Waals surface area (Å²) in [6.07, 6.45) is 1.12. The first kappa shape index (κ1) is 13.0. The van der Waals surface area contributed by atoms with E-state index in [9.17, 15) is 0 Å². The third kappa shape index (κ3) is 3.22. The van der Waals surface area contributed by atoms with Crippen LogP contribution < -0.4 is 0 Å². The van der Waals surface area contributed by atoms with Crippen molar-refractivity contribution < 1.29 is 0 Å².